The quantitative estimate of drug-likeness (QED) is 0.0302. The Balaban J connectivity index is 0.811. The zero-order valence-electron chi connectivity index (χ0n) is 33.0. The first kappa shape index (κ1) is 40.9. The fourth-order valence-electron chi connectivity index (χ4n) is 8.73. The van der Waals surface area contributed by atoms with Crippen molar-refractivity contribution in [1.82, 2.24) is 0 Å². The molecule has 2 atom stereocenters. The first-order chi connectivity index (χ1) is 27.6. The maximum Gasteiger partial charge on any atom is 0.305 e. The van der Waals surface area contributed by atoms with Gasteiger partial charge < -0.3 is 14.9 Å². The van der Waals surface area contributed by atoms with Crippen molar-refractivity contribution in [2.75, 3.05) is 6.61 Å². The van der Waals surface area contributed by atoms with E-state index in [0.29, 0.717) is 13.0 Å². The van der Waals surface area contributed by atoms with E-state index in [9.17, 15) is 15.0 Å². The molecule has 0 fully saturated rings. The number of esters is 1. The van der Waals surface area contributed by atoms with Crippen molar-refractivity contribution in [2.24, 2.45) is 0 Å². The number of carbonyl (C=O) groups is 1. The number of carbonyl (C=O) groups excluding carboxylic acids is 1. The number of aliphatic hydroxyl groups is 2. The second kappa shape index (κ2) is 21.5. The summed E-state index contributed by atoms with van der Waals surface area (Å²) in [6.07, 6.45) is 17.0. The molecule has 1 aliphatic carbocycles. The van der Waals surface area contributed by atoms with Gasteiger partial charge in [-0.25, -0.2) is 0 Å². The van der Waals surface area contributed by atoms with Crippen LogP contribution in [0.3, 0.4) is 0 Å². The summed E-state index contributed by atoms with van der Waals surface area (Å²) in [7, 11) is 0. The molecule has 4 heteroatoms. The van der Waals surface area contributed by atoms with Crippen molar-refractivity contribution in [3.8, 4) is 11.1 Å². The van der Waals surface area contributed by atoms with E-state index in [-0.39, 0.29) is 18.3 Å². The van der Waals surface area contributed by atoms with E-state index in [1.54, 1.807) is 0 Å². The Morgan fingerprint density at radius 2 is 0.964 bits per heavy atom. The normalized spacial score (nSPS) is 13.7. The van der Waals surface area contributed by atoms with Crippen LogP contribution >= 0.6 is 0 Å². The lowest BCUT2D eigenvalue weighted by Gasteiger charge is -2.40. The Kier molecular flexibility index (Phi) is 15.7. The summed E-state index contributed by atoms with van der Waals surface area (Å²) in [5.74, 6) is 0.0480. The Morgan fingerprint density at radius 3 is 1.45 bits per heavy atom. The van der Waals surface area contributed by atoms with Gasteiger partial charge in [0.15, 0.2) is 0 Å². The maximum atomic E-state index is 12.5. The molecule has 5 aromatic carbocycles. The van der Waals surface area contributed by atoms with Crippen LogP contribution in [0.1, 0.15) is 124 Å². The number of benzene rings is 5. The molecule has 0 aromatic heterocycles. The minimum Gasteiger partial charge on any atom is -0.465 e. The van der Waals surface area contributed by atoms with Gasteiger partial charge in [0, 0.05) is 18.8 Å². The third-order valence-electron chi connectivity index (χ3n) is 11.6. The fourth-order valence-corrected chi connectivity index (χ4v) is 8.73. The van der Waals surface area contributed by atoms with Gasteiger partial charge in [0.05, 0.1) is 17.6 Å². The molecule has 4 nitrogen and oxygen atoms in total. The van der Waals surface area contributed by atoms with Crippen molar-refractivity contribution in [3.63, 3.8) is 0 Å². The number of allylic oxidation sites excluding steroid dienone is 1. The van der Waals surface area contributed by atoms with Crippen LogP contribution in [0.15, 0.2) is 152 Å². The van der Waals surface area contributed by atoms with Crippen LogP contribution in [0.2, 0.25) is 0 Å². The van der Waals surface area contributed by atoms with Gasteiger partial charge in [-0.15, -0.1) is 0 Å². The molecule has 2 N–H and O–H groups in total. The highest BCUT2D eigenvalue weighted by Gasteiger charge is 2.43. The number of hydrogen-bond donors (Lipinski definition) is 2. The molecule has 0 bridgehead atoms. The lowest BCUT2D eigenvalue weighted by atomic mass is 9.64. The number of rotatable bonds is 23. The molecule has 0 aliphatic heterocycles. The topological polar surface area (TPSA) is 66.8 Å². The number of ether oxygens (including phenoxy) is 1. The second-order valence-electron chi connectivity index (χ2n) is 15.5. The molecule has 292 valence electrons. The summed E-state index contributed by atoms with van der Waals surface area (Å²) in [5.41, 5.74) is 7.23. The Bertz CT molecular complexity index is 1780. The van der Waals surface area contributed by atoms with Crippen LogP contribution in [0.25, 0.3) is 11.1 Å². The molecule has 0 saturated carbocycles. The Hall–Kier alpha value is -4.77. The van der Waals surface area contributed by atoms with E-state index in [2.05, 4.69) is 91.0 Å². The minimum absolute atomic E-state index is 0.0788. The van der Waals surface area contributed by atoms with Gasteiger partial charge in [-0.1, -0.05) is 209 Å². The van der Waals surface area contributed by atoms with E-state index in [1.165, 1.54) is 73.6 Å². The molecule has 0 radical (unpaired) electrons. The monoisotopic (exact) mass is 748 g/mol. The van der Waals surface area contributed by atoms with E-state index in [0.717, 1.165) is 42.4 Å². The third-order valence-corrected chi connectivity index (χ3v) is 11.6. The highest BCUT2D eigenvalue weighted by atomic mass is 16.5. The predicted molar refractivity (Wildman–Crippen MR) is 230 cm³/mol. The van der Waals surface area contributed by atoms with E-state index in [1.807, 2.05) is 60.7 Å². The van der Waals surface area contributed by atoms with E-state index >= 15 is 0 Å². The molecule has 56 heavy (non-hydrogen) atoms. The van der Waals surface area contributed by atoms with Gasteiger partial charge in [0.1, 0.15) is 6.61 Å². The van der Waals surface area contributed by atoms with Gasteiger partial charge in [0.25, 0.3) is 0 Å². The number of unbranched alkanes of at least 4 members (excludes halogenated alkanes) is 11. The molecule has 5 aromatic rings. The van der Waals surface area contributed by atoms with Crippen LogP contribution in [0.4, 0.5) is 0 Å². The molecule has 0 saturated heterocycles. The Morgan fingerprint density at radius 1 is 0.554 bits per heavy atom. The molecule has 0 unspecified atom stereocenters. The van der Waals surface area contributed by atoms with Crippen LogP contribution in [0.5, 0.6) is 0 Å². The summed E-state index contributed by atoms with van der Waals surface area (Å²) in [6.45, 7) is 0.416. The van der Waals surface area contributed by atoms with Crippen molar-refractivity contribution in [1.29, 1.82) is 0 Å². The highest BCUT2D eigenvalue weighted by molar-refractivity contribution is 5.79. The van der Waals surface area contributed by atoms with E-state index < -0.39 is 17.6 Å². The predicted octanol–water partition coefficient (Wildman–Crippen LogP) is 12.1. The standard InChI is InChI=1S/C52H60O4/c53-44(39-50(54)52(41-27-15-12-16-28-41,42-29-17-13-18-30-42)43-31-19-14-20-32-43)33-21-10-8-6-4-2-1-3-5-7-9-11-22-38-51(55)56-40-49-47-36-25-23-34-45(47)46-35-24-26-37-48(46)49/h12-21,23-37,44,49-50,53-54H,1-11,22,38-40H2/b33-21+/t44-,50+/m0/s1. The average Bonchev–Trinajstić information content (AvgIpc) is 3.56. The van der Waals surface area contributed by atoms with Crippen molar-refractivity contribution < 1.29 is 19.7 Å². The average molecular weight is 749 g/mol. The lowest BCUT2D eigenvalue weighted by Crippen LogP contribution is -2.43. The molecule has 0 heterocycles. The smallest absolute Gasteiger partial charge is 0.305 e. The van der Waals surface area contributed by atoms with Gasteiger partial charge in [-0.05, 0) is 58.2 Å². The molecule has 1 aliphatic rings. The van der Waals surface area contributed by atoms with Gasteiger partial charge in [0.2, 0.25) is 0 Å². The van der Waals surface area contributed by atoms with Crippen molar-refractivity contribution >= 4 is 5.97 Å². The molecular formula is C52H60O4. The fraction of sp³-hybridized carbons (Fsp3) is 0.365. The SMILES string of the molecule is O=C(CCCCCCCCCCCCC/C=C/[C@H](O)C[C@@H](O)C(c1ccccc1)(c1ccccc1)c1ccccc1)OCC1c2ccccc2-c2ccccc21. The van der Waals surface area contributed by atoms with Crippen LogP contribution in [-0.4, -0.2) is 35.0 Å². The third kappa shape index (κ3) is 10.5. The summed E-state index contributed by atoms with van der Waals surface area (Å²) >= 11 is 0. The van der Waals surface area contributed by atoms with Crippen LogP contribution < -0.4 is 0 Å². The molecule has 0 spiro atoms. The maximum absolute atomic E-state index is 12.5. The zero-order valence-corrected chi connectivity index (χ0v) is 33.0. The molecule has 6 rings (SSSR count). The number of aliphatic hydroxyl groups excluding tert-OH is 2. The van der Waals surface area contributed by atoms with E-state index in [4.69, 9.17) is 4.74 Å². The lowest BCUT2D eigenvalue weighted by molar-refractivity contribution is -0.144. The van der Waals surface area contributed by atoms with Crippen LogP contribution in [-0.2, 0) is 14.9 Å². The first-order valence-electron chi connectivity index (χ1n) is 21.1. The highest BCUT2D eigenvalue weighted by Crippen LogP contribution is 2.45. The zero-order chi connectivity index (χ0) is 38.8. The van der Waals surface area contributed by atoms with Crippen LogP contribution in [0, 0.1) is 0 Å². The second-order valence-corrected chi connectivity index (χ2v) is 15.5. The van der Waals surface area contributed by atoms with Crippen molar-refractivity contribution in [2.45, 2.75) is 113 Å². The minimum atomic E-state index is -0.844. The first-order valence-corrected chi connectivity index (χ1v) is 21.1. The molecule has 0 amide bonds. The largest absolute Gasteiger partial charge is 0.465 e. The number of fused-ring (bicyclic) bond motifs is 3. The summed E-state index contributed by atoms with van der Waals surface area (Å²) in [5, 5.41) is 23.1. The summed E-state index contributed by atoms with van der Waals surface area (Å²) < 4.78 is 5.77. The van der Waals surface area contributed by atoms with Gasteiger partial charge >= 0.3 is 5.97 Å². The van der Waals surface area contributed by atoms with Gasteiger partial charge in [-0.3, -0.25) is 4.79 Å². The Labute approximate surface area is 335 Å². The summed E-state index contributed by atoms with van der Waals surface area (Å²) in [4.78, 5) is 12.5. The van der Waals surface area contributed by atoms with Gasteiger partial charge in [-0.2, -0.15) is 0 Å². The summed E-state index contributed by atoms with van der Waals surface area (Å²) in [6, 6.07) is 47.5. The molecular weight excluding hydrogens is 689 g/mol. The van der Waals surface area contributed by atoms with Crippen molar-refractivity contribution in [3.05, 3.63) is 179 Å². The number of hydrogen-bond acceptors (Lipinski definition) is 4.